The fourth-order valence-electron chi connectivity index (χ4n) is 10.4. The van der Waals surface area contributed by atoms with Crippen LogP contribution in [-0.4, -0.2) is 46.1 Å². The Morgan fingerprint density at radius 3 is 2.33 bits per heavy atom. The molecule has 2 unspecified atom stereocenters. The Balaban J connectivity index is 1.46. The molecule has 4 saturated carbocycles. The molecule has 0 aromatic rings. The van der Waals surface area contributed by atoms with Crippen molar-refractivity contribution in [2.75, 3.05) is 0 Å². The lowest BCUT2D eigenvalue weighted by atomic mass is 9.42. The van der Waals surface area contributed by atoms with E-state index in [9.17, 15) is 24.3 Å². The molecule has 1 saturated heterocycles. The van der Waals surface area contributed by atoms with E-state index in [4.69, 9.17) is 9.57 Å². The van der Waals surface area contributed by atoms with Gasteiger partial charge < -0.3 is 14.7 Å². The lowest BCUT2D eigenvalue weighted by molar-refractivity contribution is -0.204. The summed E-state index contributed by atoms with van der Waals surface area (Å²) >= 11 is 0. The normalized spacial score (nSPS) is 42.1. The maximum atomic E-state index is 13.9. The number of hydroxylamine groups is 2. The van der Waals surface area contributed by atoms with E-state index >= 15 is 0 Å². The van der Waals surface area contributed by atoms with Crippen molar-refractivity contribution in [2.24, 2.45) is 58.2 Å². The van der Waals surface area contributed by atoms with E-state index in [-0.39, 0.29) is 53.5 Å². The van der Waals surface area contributed by atoms with E-state index in [1.54, 1.807) is 0 Å². The lowest BCUT2D eigenvalue weighted by Crippen LogP contribution is -2.57. The number of hydrogen-bond acceptors (Lipinski definition) is 7. The molecule has 42 heavy (non-hydrogen) atoms. The largest absolute Gasteiger partial charge is 0.462 e. The van der Waals surface area contributed by atoms with Gasteiger partial charge in [-0.3, -0.25) is 14.4 Å². The number of nitrogens with zero attached hydrogens (tertiary/aromatic N) is 1. The summed E-state index contributed by atoms with van der Waals surface area (Å²) in [4.78, 5) is 56.6. The fraction of sp³-hybridized carbons (Fsp3) is 0.853. The molecule has 1 N–H and O–H groups in total. The van der Waals surface area contributed by atoms with Crippen molar-refractivity contribution in [2.45, 2.75) is 124 Å². The standard InChI is InChI=1S/C34H52NO7/c1-19(2)8-7-9-22(32(40)42-35-29(38)14-15-30(35)39)31-26-13-12-24-25(34(26,6)18-28(31)41-21(4)36)11-10-23-20(3)27(37)16-17-33(23,24)5/h12,19-20,22-28,31,37H,7-11,13-18H2,1-6H3/t20?,22-,23-,24+,25-,26?,27+,28-,31-,33-,34+/m0/s1. The summed E-state index contributed by atoms with van der Waals surface area (Å²) in [6.45, 7) is 12.7. The Morgan fingerprint density at radius 2 is 1.69 bits per heavy atom. The Morgan fingerprint density at radius 1 is 1.02 bits per heavy atom. The van der Waals surface area contributed by atoms with Crippen LogP contribution in [0.3, 0.4) is 0 Å². The van der Waals surface area contributed by atoms with E-state index in [0.717, 1.165) is 44.9 Å². The van der Waals surface area contributed by atoms with Crippen molar-refractivity contribution in [1.29, 1.82) is 0 Å². The Bertz CT molecular complexity index is 1060. The van der Waals surface area contributed by atoms with Gasteiger partial charge >= 0.3 is 11.9 Å². The van der Waals surface area contributed by atoms with Gasteiger partial charge in [0.05, 0.1) is 12.0 Å². The van der Waals surface area contributed by atoms with Crippen LogP contribution < -0.4 is 0 Å². The smallest absolute Gasteiger partial charge is 0.336 e. The number of carbonyl (C=O) groups excluding carboxylic acids is 4. The molecule has 0 spiro atoms. The number of amides is 2. The van der Waals surface area contributed by atoms with Crippen LogP contribution in [0.1, 0.15) is 112 Å². The molecule has 1 aliphatic heterocycles. The highest BCUT2D eigenvalue weighted by atomic mass is 16.7. The number of fused-ring (bicyclic) bond motifs is 5. The SMILES string of the molecule is CC(=O)O[C@H]1C[C@@]2(C)C(C[CH][C@@H]3[C@@H]2CC[C@H]2C(C)[C@H](O)CC[C@]32C)[C@@H]1[C@H](CCCC(C)C)C(=O)ON1C(=O)CCC1=O. The zero-order valence-electron chi connectivity index (χ0n) is 26.5. The van der Waals surface area contributed by atoms with Gasteiger partial charge in [0, 0.05) is 25.7 Å². The van der Waals surface area contributed by atoms with Gasteiger partial charge in [0.2, 0.25) is 0 Å². The molecule has 5 aliphatic rings. The summed E-state index contributed by atoms with van der Waals surface area (Å²) in [5, 5.41) is 11.3. The van der Waals surface area contributed by atoms with Crippen LogP contribution in [0.5, 0.6) is 0 Å². The van der Waals surface area contributed by atoms with E-state index in [0.29, 0.717) is 41.6 Å². The molecule has 1 heterocycles. The van der Waals surface area contributed by atoms with Gasteiger partial charge in [0.15, 0.2) is 0 Å². The van der Waals surface area contributed by atoms with Gasteiger partial charge in [-0.2, -0.15) is 0 Å². The number of esters is 1. The first kappa shape index (κ1) is 31.5. The average Bonchev–Trinajstić information content (AvgIpc) is 3.38. The summed E-state index contributed by atoms with van der Waals surface area (Å²) in [5.74, 6) is -0.523. The molecule has 0 aromatic heterocycles. The van der Waals surface area contributed by atoms with Gasteiger partial charge in [0.1, 0.15) is 6.10 Å². The lowest BCUT2D eigenvalue weighted by Gasteiger charge is -2.63. The molecule has 5 fully saturated rings. The monoisotopic (exact) mass is 586 g/mol. The number of hydrogen-bond donors (Lipinski definition) is 1. The second-order valence-electron chi connectivity index (χ2n) is 15.2. The predicted octanol–water partition coefficient (Wildman–Crippen LogP) is 5.66. The third-order valence-corrected chi connectivity index (χ3v) is 12.5. The van der Waals surface area contributed by atoms with Crippen molar-refractivity contribution in [3.05, 3.63) is 6.42 Å². The highest BCUT2D eigenvalue weighted by molar-refractivity contribution is 6.01. The van der Waals surface area contributed by atoms with E-state index in [1.807, 2.05) is 0 Å². The molecule has 8 heteroatoms. The highest BCUT2D eigenvalue weighted by Gasteiger charge is 2.66. The number of ether oxygens (including phenoxy) is 1. The molecule has 1 radical (unpaired) electrons. The molecule has 0 aromatic carbocycles. The van der Waals surface area contributed by atoms with Crippen LogP contribution in [-0.2, 0) is 28.8 Å². The van der Waals surface area contributed by atoms with Crippen LogP contribution in [0.4, 0.5) is 0 Å². The van der Waals surface area contributed by atoms with Gasteiger partial charge in [-0.1, -0.05) is 47.5 Å². The first-order chi connectivity index (χ1) is 19.8. The fourth-order valence-corrected chi connectivity index (χ4v) is 10.4. The Hall–Kier alpha value is -1.96. The van der Waals surface area contributed by atoms with Crippen LogP contribution in [0.25, 0.3) is 0 Å². The van der Waals surface area contributed by atoms with Crippen LogP contribution in [0.15, 0.2) is 0 Å². The molecule has 11 atom stereocenters. The van der Waals surface area contributed by atoms with Crippen molar-refractivity contribution >= 4 is 23.8 Å². The summed E-state index contributed by atoms with van der Waals surface area (Å²) < 4.78 is 6.05. The van der Waals surface area contributed by atoms with Crippen LogP contribution in [0, 0.1) is 64.6 Å². The van der Waals surface area contributed by atoms with E-state index < -0.39 is 29.8 Å². The zero-order valence-corrected chi connectivity index (χ0v) is 26.5. The maximum Gasteiger partial charge on any atom is 0.336 e. The molecular weight excluding hydrogens is 534 g/mol. The number of imide groups is 1. The van der Waals surface area contributed by atoms with Crippen molar-refractivity contribution in [1.82, 2.24) is 5.06 Å². The minimum Gasteiger partial charge on any atom is -0.462 e. The maximum absolute atomic E-state index is 13.9. The highest BCUT2D eigenvalue weighted by Crippen LogP contribution is 2.69. The van der Waals surface area contributed by atoms with Gasteiger partial charge in [0.25, 0.3) is 11.8 Å². The number of carbonyl (C=O) groups is 4. The van der Waals surface area contributed by atoms with Gasteiger partial charge in [-0.25, -0.2) is 4.79 Å². The predicted molar refractivity (Wildman–Crippen MR) is 156 cm³/mol. The van der Waals surface area contributed by atoms with E-state index in [2.05, 4.69) is 41.0 Å². The second-order valence-corrected chi connectivity index (χ2v) is 15.2. The Labute approximate surface area is 251 Å². The molecule has 0 bridgehead atoms. The van der Waals surface area contributed by atoms with Crippen LogP contribution >= 0.6 is 0 Å². The molecule has 5 rings (SSSR count). The summed E-state index contributed by atoms with van der Waals surface area (Å²) in [7, 11) is 0. The average molecular weight is 587 g/mol. The molecular formula is C34H52NO7. The number of aliphatic hydroxyl groups excluding tert-OH is 1. The molecule has 2 amide bonds. The number of rotatable bonds is 8. The van der Waals surface area contributed by atoms with Crippen molar-refractivity contribution in [3.63, 3.8) is 0 Å². The van der Waals surface area contributed by atoms with Gasteiger partial charge in [-0.05, 0) is 97.7 Å². The minimum absolute atomic E-state index is 0.0533. The summed E-state index contributed by atoms with van der Waals surface area (Å²) in [6.07, 6.45) is 9.79. The quantitative estimate of drug-likeness (QED) is 0.289. The summed E-state index contributed by atoms with van der Waals surface area (Å²) in [6, 6.07) is 0. The topological polar surface area (TPSA) is 110 Å². The third kappa shape index (κ3) is 5.43. The third-order valence-electron chi connectivity index (χ3n) is 12.5. The first-order valence-electron chi connectivity index (χ1n) is 16.5. The first-order valence-corrected chi connectivity index (χ1v) is 16.5. The zero-order chi connectivity index (χ0) is 30.6. The van der Waals surface area contributed by atoms with Crippen molar-refractivity contribution < 1.29 is 33.9 Å². The van der Waals surface area contributed by atoms with Gasteiger partial charge in [-0.15, -0.1) is 5.06 Å². The second kappa shape index (κ2) is 11.9. The van der Waals surface area contributed by atoms with Crippen LogP contribution in [0.2, 0.25) is 0 Å². The van der Waals surface area contributed by atoms with Crippen molar-refractivity contribution in [3.8, 4) is 0 Å². The van der Waals surface area contributed by atoms with E-state index in [1.165, 1.54) is 6.92 Å². The number of aliphatic hydroxyl groups is 1. The summed E-state index contributed by atoms with van der Waals surface area (Å²) in [5.41, 5.74) is -0.00995. The molecule has 235 valence electrons. The molecule has 4 aliphatic carbocycles. The Kier molecular flexibility index (Phi) is 8.88. The molecule has 8 nitrogen and oxygen atoms in total. The minimum atomic E-state index is -0.581.